The molecule has 0 bridgehead atoms. The van der Waals surface area contributed by atoms with Crippen LogP contribution in [0.25, 0.3) is 0 Å². The minimum Gasteiger partial charge on any atom is -0.444 e. The van der Waals surface area contributed by atoms with E-state index in [1.165, 1.54) is 0 Å². The van der Waals surface area contributed by atoms with Crippen LogP contribution in [-0.4, -0.2) is 53.7 Å². The van der Waals surface area contributed by atoms with E-state index in [1.54, 1.807) is 4.90 Å². The number of halogens is 1. The van der Waals surface area contributed by atoms with Crippen molar-refractivity contribution < 1.29 is 9.53 Å². The van der Waals surface area contributed by atoms with Gasteiger partial charge in [-0.15, -0.1) is 0 Å². The summed E-state index contributed by atoms with van der Waals surface area (Å²) < 4.78 is 6.53. The molecule has 1 aromatic rings. The molecule has 2 heterocycles. The Morgan fingerprint density at radius 2 is 1.96 bits per heavy atom. The van der Waals surface area contributed by atoms with Crippen LogP contribution in [0.5, 0.6) is 0 Å². The predicted molar refractivity (Wildman–Crippen MR) is 98.9 cm³/mol. The smallest absolute Gasteiger partial charge is 0.410 e. The number of hydrogen-bond donors (Lipinski definition) is 0. The van der Waals surface area contributed by atoms with Gasteiger partial charge in [0.05, 0.1) is 9.26 Å². The van der Waals surface area contributed by atoms with Crippen molar-refractivity contribution in [3.63, 3.8) is 0 Å². The van der Waals surface area contributed by atoms with Crippen molar-refractivity contribution in [2.24, 2.45) is 0 Å². The van der Waals surface area contributed by atoms with Crippen molar-refractivity contribution in [1.82, 2.24) is 14.9 Å². The maximum atomic E-state index is 12.1. The largest absolute Gasteiger partial charge is 0.444 e. The van der Waals surface area contributed by atoms with E-state index in [9.17, 15) is 4.79 Å². The second kappa shape index (κ2) is 7.19. The second-order valence-electron chi connectivity index (χ2n) is 7.04. The van der Waals surface area contributed by atoms with E-state index in [1.807, 2.05) is 46.0 Å². The van der Waals surface area contributed by atoms with E-state index in [0.717, 1.165) is 28.1 Å². The van der Waals surface area contributed by atoms with Crippen LogP contribution in [0, 0.1) is 3.57 Å². The first-order valence-corrected chi connectivity index (χ1v) is 8.93. The third-order valence-corrected chi connectivity index (χ3v) is 4.52. The highest BCUT2D eigenvalue weighted by Crippen LogP contribution is 2.31. The Kier molecular flexibility index (Phi) is 5.70. The number of hydrogen-bond acceptors (Lipinski definition) is 5. The van der Waals surface area contributed by atoms with Gasteiger partial charge in [-0.3, -0.25) is 0 Å². The van der Waals surface area contributed by atoms with Gasteiger partial charge in [0.25, 0.3) is 0 Å². The van der Waals surface area contributed by atoms with Crippen molar-refractivity contribution in [3.05, 3.63) is 15.5 Å². The molecule has 128 valence electrons. The summed E-state index contributed by atoms with van der Waals surface area (Å²) in [6.07, 6.45) is 3.46. The summed E-state index contributed by atoms with van der Waals surface area (Å²) in [6.45, 7) is 7.09. The topological polar surface area (TPSA) is 58.6 Å². The number of ether oxygens (including phenoxy) is 1. The number of carbonyl (C=O) groups is 1. The van der Waals surface area contributed by atoms with Crippen LogP contribution in [0.4, 0.5) is 10.7 Å². The fourth-order valence-corrected chi connectivity index (χ4v) is 3.23. The molecule has 0 atom stereocenters. The van der Waals surface area contributed by atoms with Crippen LogP contribution >= 0.6 is 22.6 Å². The van der Waals surface area contributed by atoms with E-state index in [2.05, 4.69) is 27.6 Å². The Morgan fingerprint density at radius 3 is 2.48 bits per heavy atom. The normalized spacial score (nSPS) is 16.3. The molecule has 1 saturated heterocycles. The lowest BCUT2D eigenvalue weighted by molar-refractivity contribution is 0.0204. The number of nitrogens with zero attached hydrogens (tertiary/aromatic N) is 4. The molecule has 1 aliphatic heterocycles. The zero-order valence-corrected chi connectivity index (χ0v) is 16.6. The van der Waals surface area contributed by atoms with Crippen LogP contribution in [0.3, 0.4) is 0 Å². The van der Waals surface area contributed by atoms with E-state index in [-0.39, 0.29) is 6.09 Å². The summed E-state index contributed by atoms with van der Waals surface area (Å²) in [5.41, 5.74) is 0.643. The molecule has 6 nitrogen and oxygen atoms in total. The van der Waals surface area contributed by atoms with E-state index >= 15 is 0 Å². The quantitative estimate of drug-likeness (QED) is 0.672. The zero-order chi connectivity index (χ0) is 17.2. The van der Waals surface area contributed by atoms with Gasteiger partial charge in [-0.2, -0.15) is 0 Å². The first kappa shape index (κ1) is 18.2. The fraction of sp³-hybridized carbons (Fsp3) is 0.688. The van der Waals surface area contributed by atoms with Gasteiger partial charge in [0, 0.05) is 39.3 Å². The first-order valence-electron chi connectivity index (χ1n) is 7.85. The van der Waals surface area contributed by atoms with Crippen LogP contribution < -0.4 is 4.90 Å². The number of anilines is 1. The maximum Gasteiger partial charge on any atom is 0.410 e. The number of piperidine rings is 1. The van der Waals surface area contributed by atoms with Crippen LogP contribution in [-0.2, 0) is 4.74 Å². The third kappa shape index (κ3) is 4.92. The molecular formula is C16H25IN4O2. The Labute approximate surface area is 151 Å². The minimum atomic E-state index is -0.448. The van der Waals surface area contributed by atoms with Gasteiger partial charge in [0.1, 0.15) is 5.60 Å². The SMILES string of the molecule is CN(C)c1ncc(I)c(C2CCN(C(=O)OC(C)(C)C)CC2)n1. The van der Waals surface area contributed by atoms with Crippen molar-refractivity contribution in [2.45, 2.75) is 45.1 Å². The first-order chi connectivity index (χ1) is 10.7. The molecule has 0 aliphatic carbocycles. The molecule has 0 N–H and O–H groups in total. The van der Waals surface area contributed by atoms with E-state index in [4.69, 9.17) is 9.72 Å². The summed E-state index contributed by atoms with van der Waals surface area (Å²) >= 11 is 2.29. The van der Waals surface area contributed by atoms with Crippen molar-refractivity contribution in [1.29, 1.82) is 0 Å². The monoisotopic (exact) mass is 432 g/mol. The highest BCUT2D eigenvalue weighted by atomic mass is 127. The van der Waals surface area contributed by atoms with Gasteiger partial charge in [-0.05, 0) is 56.2 Å². The van der Waals surface area contributed by atoms with Gasteiger partial charge in [0.2, 0.25) is 5.95 Å². The van der Waals surface area contributed by atoms with Gasteiger partial charge in [-0.1, -0.05) is 0 Å². The van der Waals surface area contributed by atoms with Gasteiger partial charge >= 0.3 is 6.09 Å². The lowest BCUT2D eigenvalue weighted by Gasteiger charge is -2.33. The lowest BCUT2D eigenvalue weighted by atomic mass is 9.93. The molecule has 0 radical (unpaired) electrons. The molecule has 2 rings (SSSR count). The second-order valence-corrected chi connectivity index (χ2v) is 8.20. The lowest BCUT2D eigenvalue weighted by Crippen LogP contribution is -2.41. The summed E-state index contributed by atoms with van der Waals surface area (Å²) in [6, 6.07) is 0. The van der Waals surface area contributed by atoms with Crippen molar-refractivity contribution in [2.75, 3.05) is 32.1 Å². The Hall–Kier alpha value is -1.12. The molecule has 1 fully saturated rings. The van der Waals surface area contributed by atoms with Gasteiger partial charge < -0.3 is 14.5 Å². The summed E-state index contributed by atoms with van der Waals surface area (Å²) in [4.78, 5) is 24.9. The molecule has 0 unspecified atom stereocenters. The molecule has 0 spiro atoms. The Balaban J connectivity index is 2.02. The highest BCUT2D eigenvalue weighted by molar-refractivity contribution is 14.1. The zero-order valence-electron chi connectivity index (χ0n) is 14.5. The van der Waals surface area contributed by atoms with Gasteiger partial charge in [0.15, 0.2) is 0 Å². The number of likely N-dealkylation sites (tertiary alicyclic amines) is 1. The standard InChI is InChI=1S/C16H25IN4O2/c1-16(2,3)23-15(22)21-8-6-11(7-9-21)13-12(17)10-18-14(19-13)20(4)5/h10-11H,6-9H2,1-5H3. The molecule has 1 aromatic heterocycles. The number of amides is 1. The van der Waals surface area contributed by atoms with Crippen LogP contribution in [0.2, 0.25) is 0 Å². The molecule has 1 amide bonds. The molecule has 23 heavy (non-hydrogen) atoms. The minimum absolute atomic E-state index is 0.220. The number of aromatic nitrogens is 2. The molecule has 0 saturated carbocycles. The summed E-state index contributed by atoms with van der Waals surface area (Å²) in [5.74, 6) is 1.09. The Morgan fingerprint density at radius 1 is 1.35 bits per heavy atom. The van der Waals surface area contributed by atoms with E-state index in [0.29, 0.717) is 19.0 Å². The average molecular weight is 432 g/mol. The van der Waals surface area contributed by atoms with E-state index < -0.39 is 5.60 Å². The number of carbonyl (C=O) groups excluding carboxylic acids is 1. The predicted octanol–water partition coefficient (Wildman–Crippen LogP) is 3.26. The molecule has 7 heteroatoms. The molecule has 0 aromatic carbocycles. The molecular weight excluding hydrogens is 407 g/mol. The van der Waals surface area contributed by atoms with Crippen molar-refractivity contribution in [3.8, 4) is 0 Å². The summed E-state index contributed by atoms with van der Waals surface area (Å²) in [7, 11) is 3.88. The van der Waals surface area contributed by atoms with Crippen molar-refractivity contribution >= 4 is 34.6 Å². The number of rotatable bonds is 2. The Bertz CT molecular complexity index is 564. The average Bonchev–Trinajstić information content (AvgIpc) is 2.46. The maximum absolute atomic E-state index is 12.1. The molecule has 1 aliphatic rings. The van der Waals surface area contributed by atoms with Crippen LogP contribution in [0.1, 0.15) is 45.2 Å². The highest BCUT2D eigenvalue weighted by Gasteiger charge is 2.29. The third-order valence-electron chi connectivity index (χ3n) is 3.69. The summed E-state index contributed by atoms with van der Waals surface area (Å²) in [5, 5.41) is 0. The van der Waals surface area contributed by atoms with Gasteiger partial charge in [-0.25, -0.2) is 14.8 Å². The van der Waals surface area contributed by atoms with Crippen LogP contribution in [0.15, 0.2) is 6.20 Å². The fourth-order valence-electron chi connectivity index (χ4n) is 2.53.